The second-order valence-electron chi connectivity index (χ2n) is 5.12. The molecule has 0 aliphatic heterocycles. The molecule has 0 saturated carbocycles. The van der Waals surface area contributed by atoms with Crippen LogP contribution in [0.5, 0.6) is 0 Å². The van der Waals surface area contributed by atoms with E-state index in [2.05, 4.69) is 46.6 Å². The summed E-state index contributed by atoms with van der Waals surface area (Å²) in [6.07, 6.45) is 0.916. The Morgan fingerprint density at radius 3 is 2.29 bits per heavy atom. The van der Waals surface area contributed by atoms with Gasteiger partial charge >= 0.3 is 0 Å². The van der Waals surface area contributed by atoms with E-state index in [4.69, 9.17) is 0 Å². The van der Waals surface area contributed by atoms with Gasteiger partial charge in [-0.3, -0.25) is 4.79 Å². The van der Waals surface area contributed by atoms with Crippen LogP contribution >= 0.6 is 0 Å². The fourth-order valence-corrected chi connectivity index (χ4v) is 2.27. The number of nitrogens with one attached hydrogen (secondary N) is 1. The maximum Gasteiger partial charge on any atom is 0.267 e. The summed E-state index contributed by atoms with van der Waals surface area (Å²) in [5, 5.41) is 6.60. The first-order valence-corrected chi connectivity index (χ1v) is 6.92. The van der Waals surface area contributed by atoms with E-state index in [0.29, 0.717) is 5.56 Å². The molecule has 3 rings (SSSR count). The lowest BCUT2D eigenvalue weighted by molar-refractivity contribution is 0.975. The van der Waals surface area contributed by atoms with E-state index >= 15 is 0 Å². The molecule has 0 aliphatic rings. The van der Waals surface area contributed by atoms with Crippen LogP contribution in [0, 0.1) is 6.92 Å². The van der Waals surface area contributed by atoms with Crippen molar-refractivity contribution in [3.05, 3.63) is 87.7 Å². The summed E-state index contributed by atoms with van der Waals surface area (Å²) in [5.74, 6) is 0. The summed E-state index contributed by atoms with van der Waals surface area (Å²) in [6, 6.07) is 20.5. The average Bonchev–Trinajstić information content (AvgIpc) is 2.52. The molecule has 3 nitrogen and oxygen atoms in total. The number of rotatable bonds is 3. The third-order valence-electron chi connectivity index (χ3n) is 3.49. The Bertz CT molecular complexity index is 789. The summed E-state index contributed by atoms with van der Waals surface area (Å²) >= 11 is 0. The molecule has 1 N–H and O–H groups in total. The standard InChI is InChI=1S/C18H16N2O/c1-13-11-17(19-20-18(13)21)16-9-7-15(8-10-16)12-14-5-3-2-4-6-14/h2-11H,12H2,1H3,(H,20,21). The number of hydrogen-bond acceptors (Lipinski definition) is 2. The molecule has 0 unspecified atom stereocenters. The third-order valence-corrected chi connectivity index (χ3v) is 3.49. The molecule has 21 heavy (non-hydrogen) atoms. The van der Waals surface area contributed by atoms with Gasteiger partial charge in [0.2, 0.25) is 0 Å². The molecule has 0 atom stereocenters. The van der Waals surface area contributed by atoms with Crippen LogP contribution in [0.2, 0.25) is 0 Å². The van der Waals surface area contributed by atoms with Crippen LogP contribution in [0.4, 0.5) is 0 Å². The van der Waals surface area contributed by atoms with E-state index in [0.717, 1.165) is 17.7 Å². The van der Waals surface area contributed by atoms with Crippen LogP contribution in [0.15, 0.2) is 65.5 Å². The summed E-state index contributed by atoms with van der Waals surface area (Å²) in [4.78, 5) is 11.3. The van der Waals surface area contributed by atoms with Gasteiger partial charge in [-0.2, -0.15) is 5.10 Å². The monoisotopic (exact) mass is 276 g/mol. The van der Waals surface area contributed by atoms with Gasteiger partial charge in [-0.1, -0.05) is 54.6 Å². The van der Waals surface area contributed by atoms with Gasteiger partial charge < -0.3 is 0 Å². The maximum atomic E-state index is 11.3. The zero-order valence-electron chi connectivity index (χ0n) is 11.8. The highest BCUT2D eigenvalue weighted by Gasteiger charge is 2.03. The third kappa shape index (κ3) is 3.08. The molecule has 1 aromatic heterocycles. The highest BCUT2D eigenvalue weighted by atomic mass is 16.1. The van der Waals surface area contributed by atoms with Gasteiger partial charge in [0.05, 0.1) is 5.69 Å². The van der Waals surface area contributed by atoms with E-state index in [1.54, 1.807) is 6.92 Å². The predicted molar refractivity (Wildman–Crippen MR) is 84.3 cm³/mol. The predicted octanol–water partition coefficient (Wildman–Crippen LogP) is 3.34. The van der Waals surface area contributed by atoms with E-state index in [9.17, 15) is 4.79 Å². The zero-order valence-corrected chi connectivity index (χ0v) is 11.8. The van der Waals surface area contributed by atoms with E-state index in [-0.39, 0.29) is 5.56 Å². The topological polar surface area (TPSA) is 45.8 Å². The number of aryl methyl sites for hydroxylation is 1. The number of benzene rings is 2. The molecule has 1 heterocycles. The largest absolute Gasteiger partial charge is 0.268 e. The van der Waals surface area contributed by atoms with Crippen LogP contribution in [0.25, 0.3) is 11.3 Å². The zero-order chi connectivity index (χ0) is 14.7. The molecule has 0 bridgehead atoms. The molecule has 2 aromatic carbocycles. The quantitative estimate of drug-likeness (QED) is 0.797. The number of nitrogens with zero attached hydrogens (tertiary/aromatic N) is 1. The first-order chi connectivity index (χ1) is 10.2. The van der Waals surface area contributed by atoms with Gasteiger partial charge in [0.1, 0.15) is 0 Å². The number of hydrogen-bond donors (Lipinski definition) is 1. The minimum atomic E-state index is -0.139. The van der Waals surface area contributed by atoms with E-state index < -0.39 is 0 Å². The molecule has 104 valence electrons. The first-order valence-electron chi connectivity index (χ1n) is 6.92. The van der Waals surface area contributed by atoms with Crippen molar-refractivity contribution in [2.24, 2.45) is 0 Å². The summed E-state index contributed by atoms with van der Waals surface area (Å²) in [5.41, 5.74) is 4.88. The molecular formula is C18H16N2O. The molecule has 0 radical (unpaired) electrons. The fraction of sp³-hybridized carbons (Fsp3) is 0.111. The number of aromatic amines is 1. The molecule has 3 aromatic rings. The highest BCUT2D eigenvalue weighted by molar-refractivity contribution is 5.59. The molecule has 0 saturated heterocycles. The van der Waals surface area contributed by atoms with Crippen LogP contribution < -0.4 is 5.56 Å². The minimum Gasteiger partial charge on any atom is -0.268 e. The van der Waals surface area contributed by atoms with Gasteiger partial charge in [-0.15, -0.1) is 0 Å². The Morgan fingerprint density at radius 1 is 0.952 bits per heavy atom. The SMILES string of the molecule is Cc1cc(-c2ccc(Cc3ccccc3)cc2)n[nH]c1=O. The van der Waals surface area contributed by atoms with Crippen molar-refractivity contribution in [2.45, 2.75) is 13.3 Å². The lowest BCUT2D eigenvalue weighted by Gasteiger charge is -2.05. The van der Waals surface area contributed by atoms with Crippen molar-refractivity contribution in [3.63, 3.8) is 0 Å². The maximum absolute atomic E-state index is 11.3. The van der Waals surface area contributed by atoms with Crippen molar-refractivity contribution in [3.8, 4) is 11.3 Å². The molecule has 0 fully saturated rings. The van der Waals surface area contributed by atoms with Crippen LogP contribution in [-0.2, 0) is 6.42 Å². The fourth-order valence-electron chi connectivity index (χ4n) is 2.27. The normalized spacial score (nSPS) is 10.5. The molecule has 0 aliphatic carbocycles. The summed E-state index contributed by atoms with van der Waals surface area (Å²) in [7, 11) is 0. The Labute approximate surface area is 123 Å². The molecule has 3 heteroatoms. The first kappa shape index (κ1) is 13.3. The lowest BCUT2D eigenvalue weighted by atomic mass is 10.0. The van der Waals surface area contributed by atoms with Crippen LogP contribution in [0.3, 0.4) is 0 Å². The molecule has 0 spiro atoms. The minimum absolute atomic E-state index is 0.139. The second-order valence-corrected chi connectivity index (χ2v) is 5.12. The van der Waals surface area contributed by atoms with Crippen molar-refractivity contribution in [2.75, 3.05) is 0 Å². The van der Waals surface area contributed by atoms with Gasteiger partial charge in [-0.25, -0.2) is 5.10 Å². The van der Waals surface area contributed by atoms with Crippen LogP contribution in [-0.4, -0.2) is 10.2 Å². The van der Waals surface area contributed by atoms with Crippen molar-refractivity contribution in [1.29, 1.82) is 0 Å². The Hall–Kier alpha value is -2.68. The Balaban J connectivity index is 1.83. The average molecular weight is 276 g/mol. The van der Waals surface area contributed by atoms with Crippen molar-refractivity contribution in [1.82, 2.24) is 10.2 Å². The Morgan fingerprint density at radius 2 is 1.62 bits per heavy atom. The van der Waals surface area contributed by atoms with Crippen molar-refractivity contribution >= 4 is 0 Å². The summed E-state index contributed by atoms with van der Waals surface area (Å²) in [6.45, 7) is 1.79. The van der Waals surface area contributed by atoms with E-state index in [1.165, 1.54) is 11.1 Å². The number of aromatic nitrogens is 2. The molecule has 0 amide bonds. The van der Waals surface area contributed by atoms with Gasteiger partial charge in [0.15, 0.2) is 0 Å². The van der Waals surface area contributed by atoms with Gasteiger partial charge in [-0.05, 0) is 30.5 Å². The van der Waals surface area contributed by atoms with E-state index in [1.807, 2.05) is 24.3 Å². The summed E-state index contributed by atoms with van der Waals surface area (Å²) < 4.78 is 0. The van der Waals surface area contributed by atoms with Gasteiger partial charge in [0.25, 0.3) is 5.56 Å². The molecular weight excluding hydrogens is 260 g/mol. The Kier molecular flexibility index (Phi) is 3.65. The second kappa shape index (κ2) is 5.75. The highest BCUT2D eigenvalue weighted by Crippen LogP contribution is 2.18. The number of H-pyrrole nitrogens is 1. The smallest absolute Gasteiger partial charge is 0.267 e. The van der Waals surface area contributed by atoms with Crippen molar-refractivity contribution < 1.29 is 0 Å². The van der Waals surface area contributed by atoms with Crippen LogP contribution in [0.1, 0.15) is 16.7 Å². The lowest BCUT2D eigenvalue weighted by Crippen LogP contribution is -2.11. The van der Waals surface area contributed by atoms with Gasteiger partial charge in [0, 0.05) is 11.1 Å².